The molecule has 2 rings (SSSR count). The Morgan fingerprint density at radius 1 is 1.21 bits per heavy atom. The molecule has 0 aromatic carbocycles. The zero-order valence-electron chi connectivity index (χ0n) is 8.94. The van der Waals surface area contributed by atoms with Crippen molar-refractivity contribution in [3.05, 3.63) is 23.3 Å². The maximum atomic E-state index is 11.8. The average Bonchev–Trinajstić information content (AvgIpc) is 2.17. The molecular formula is C13H18O. The Morgan fingerprint density at radius 3 is 2.64 bits per heavy atom. The first-order valence-corrected chi connectivity index (χ1v) is 5.59. The van der Waals surface area contributed by atoms with Crippen LogP contribution in [0.25, 0.3) is 0 Å². The van der Waals surface area contributed by atoms with Gasteiger partial charge in [0.1, 0.15) is 5.78 Å². The van der Waals surface area contributed by atoms with Gasteiger partial charge in [0.25, 0.3) is 0 Å². The normalized spacial score (nSPS) is 27.5. The lowest BCUT2D eigenvalue weighted by Crippen LogP contribution is -2.25. The predicted molar refractivity (Wildman–Crippen MR) is 58.0 cm³/mol. The van der Waals surface area contributed by atoms with E-state index in [1.807, 2.05) is 6.92 Å². The molecule has 1 nitrogen and oxygen atoms in total. The van der Waals surface area contributed by atoms with Crippen LogP contribution in [0, 0.1) is 5.92 Å². The first-order chi connectivity index (χ1) is 6.70. The van der Waals surface area contributed by atoms with Crippen molar-refractivity contribution in [2.75, 3.05) is 0 Å². The fourth-order valence-electron chi connectivity index (χ4n) is 2.81. The molecule has 1 unspecified atom stereocenters. The first kappa shape index (κ1) is 9.70. The van der Waals surface area contributed by atoms with Crippen LogP contribution in [0.2, 0.25) is 0 Å². The molecule has 0 saturated carbocycles. The summed E-state index contributed by atoms with van der Waals surface area (Å²) in [5, 5.41) is 0. The van der Waals surface area contributed by atoms with Gasteiger partial charge in [-0.1, -0.05) is 23.3 Å². The number of carbonyl (C=O) groups is 1. The molecule has 14 heavy (non-hydrogen) atoms. The average molecular weight is 190 g/mol. The summed E-state index contributed by atoms with van der Waals surface area (Å²) in [7, 11) is 0. The van der Waals surface area contributed by atoms with Gasteiger partial charge in [0.2, 0.25) is 0 Å². The standard InChI is InChI=1S/C13H18O/c1-9(2)13-11-6-4-3-5-10(11)7-8-12(13)14/h13H,1,3-8H2,2H3. The summed E-state index contributed by atoms with van der Waals surface area (Å²) in [6, 6.07) is 0. The van der Waals surface area contributed by atoms with Crippen molar-refractivity contribution >= 4 is 5.78 Å². The van der Waals surface area contributed by atoms with Crippen molar-refractivity contribution in [1.29, 1.82) is 0 Å². The molecule has 0 aromatic rings. The van der Waals surface area contributed by atoms with E-state index in [1.165, 1.54) is 24.8 Å². The third-order valence-corrected chi connectivity index (χ3v) is 3.47. The van der Waals surface area contributed by atoms with E-state index in [4.69, 9.17) is 0 Å². The van der Waals surface area contributed by atoms with E-state index in [2.05, 4.69) is 6.58 Å². The molecule has 0 fully saturated rings. The minimum Gasteiger partial charge on any atom is -0.299 e. The van der Waals surface area contributed by atoms with E-state index >= 15 is 0 Å². The van der Waals surface area contributed by atoms with Crippen LogP contribution in [-0.2, 0) is 4.79 Å². The molecule has 0 heterocycles. The van der Waals surface area contributed by atoms with Gasteiger partial charge in [-0.2, -0.15) is 0 Å². The Balaban J connectivity index is 2.35. The molecular weight excluding hydrogens is 172 g/mol. The van der Waals surface area contributed by atoms with Crippen LogP contribution in [0.5, 0.6) is 0 Å². The SMILES string of the molecule is C=C(C)C1C(=O)CCC2=C1CCCC2. The molecule has 0 N–H and O–H groups in total. The third-order valence-electron chi connectivity index (χ3n) is 3.47. The second kappa shape index (κ2) is 3.72. The smallest absolute Gasteiger partial charge is 0.144 e. The van der Waals surface area contributed by atoms with E-state index in [-0.39, 0.29) is 5.92 Å². The molecule has 0 radical (unpaired) electrons. The highest BCUT2D eigenvalue weighted by atomic mass is 16.1. The number of hydrogen-bond donors (Lipinski definition) is 0. The predicted octanol–water partition coefficient (Wildman–Crippen LogP) is 3.41. The van der Waals surface area contributed by atoms with Crippen LogP contribution in [-0.4, -0.2) is 5.78 Å². The molecule has 0 saturated heterocycles. The van der Waals surface area contributed by atoms with Crippen LogP contribution < -0.4 is 0 Å². The van der Waals surface area contributed by atoms with Crippen molar-refractivity contribution in [2.24, 2.45) is 5.92 Å². The highest BCUT2D eigenvalue weighted by Gasteiger charge is 2.30. The second-order valence-electron chi connectivity index (χ2n) is 4.58. The Bertz CT molecular complexity index is 309. The lowest BCUT2D eigenvalue weighted by atomic mass is 9.73. The van der Waals surface area contributed by atoms with E-state index in [1.54, 1.807) is 5.57 Å². The zero-order chi connectivity index (χ0) is 10.1. The number of hydrogen-bond acceptors (Lipinski definition) is 1. The third kappa shape index (κ3) is 1.56. The molecule has 1 heteroatoms. The van der Waals surface area contributed by atoms with Gasteiger partial charge in [0, 0.05) is 6.42 Å². The van der Waals surface area contributed by atoms with Gasteiger partial charge in [-0.3, -0.25) is 4.79 Å². The largest absolute Gasteiger partial charge is 0.299 e. The highest BCUT2D eigenvalue weighted by Crippen LogP contribution is 2.39. The topological polar surface area (TPSA) is 17.1 Å². The first-order valence-electron chi connectivity index (χ1n) is 5.59. The maximum absolute atomic E-state index is 11.8. The Morgan fingerprint density at radius 2 is 1.93 bits per heavy atom. The van der Waals surface area contributed by atoms with Gasteiger partial charge in [-0.25, -0.2) is 0 Å². The van der Waals surface area contributed by atoms with Crippen molar-refractivity contribution < 1.29 is 4.79 Å². The summed E-state index contributed by atoms with van der Waals surface area (Å²) in [5.74, 6) is 0.484. The lowest BCUT2D eigenvalue weighted by Gasteiger charge is -2.31. The van der Waals surface area contributed by atoms with Gasteiger partial charge in [-0.15, -0.1) is 0 Å². The monoisotopic (exact) mass is 190 g/mol. The number of carbonyl (C=O) groups excluding carboxylic acids is 1. The number of Topliss-reactive ketones (excluding diaryl/α,β-unsaturated/α-hetero) is 1. The van der Waals surface area contributed by atoms with Gasteiger partial charge in [0.15, 0.2) is 0 Å². The van der Waals surface area contributed by atoms with Crippen LogP contribution in [0.1, 0.15) is 45.4 Å². The molecule has 0 spiro atoms. The fraction of sp³-hybridized carbons (Fsp3) is 0.615. The van der Waals surface area contributed by atoms with Crippen LogP contribution >= 0.6 is 0 Å². The fourth-order valence-corrected chi connectivity index (χ4v) is 2.81. The van der Waals surface area contributed by atoms with Gasteiger partial charge in [-0.05, 0) is 39.0 Å². The molecule has 1 atom stereocenters. The maximum Gasteiger partial charge on any atom is 0.144 e. The summed E-state index contributed by atoms with van der Waals surface area (Å²) in [4.78, 5) is 11.8. The van der Waals surface area contributed by atoms with Crippen LogP contribution in [0.15, 0.2) is 23.3 Å². The van der Waals surface area contributed by atoms with Crippen LogP contribution in [0.3, 0.4) is 0 Å². The summed E-state index contributed by atoms with van der Waals surface area (Å²) in [6.07, 6.45) is 6.71. The molecule has 0 amide bonds. The zero-order valence-corrected chi connectivity index (χ0v) is 8.94. The summed E-state index contributed by atoms with van der Waals surface area (Å²) < 4.78 is 0. The van der Waals surface area contributed by atoms with Crippen molar-refractivity contribution in [3.63, 3.8) is 0 Å². The number of allylic oxidation sites excluding steroid dienone is 3. The molecule has 0 bridgehead atoms. The van der Waals surface area contributed by atoms with Gasteiger partial charge >= 0.3 is 0 Å². The van der Waals surface area contributed by atoms with Gasteiger partial charge in [0.05, 0.1) is 5.92 Å². The Labute approximate surface area is 85.9 Å². The van der Waals surface area contributed by atoms with E-state index in [0.29, 0.717) is 5.78 Å². The van der Waals surface area contributed by atoms with E-state index in [0.717, 1.165) is 24.8 Å². The van der Waals surface area contributed by atoms with Crippen molar-refractivity contribution in [3.8, 4) is 0 Å². The Hall–Kier alpha value is -0.850. The molecule has 0 aliphatic heterocycles. The number of rotatable bonds is 1. The Kier molecular flexibility index (Phi) is 2.58. The molecule has 2 aliphatic rings. The summed E-state index contributed by atoms with van der Waals surface area (Å²) >= 11 is 0. The summed E-state index contributed by atoms with van der Waals surface area (Å²) in [5.41, 5.74) is 4.05. The quantitative estimate of drug-likeness (QED) is 0.579. The second-order valence-corrected chi connectivity index (χ2v) is 4.58. The van der Waals surface area contributed by atoms with E-state index < -0.39 is 0 Å². The van der Waals surface area contributed by atoms with E-state index in [9.17, 15) is 4.79 Å². The molecule has 76 valence electrons. The lowest BCUT2D eigenvalue weighted by molar-refractivity contribution is -0.121. The summed E-state index contributed by atoms with van der Waals surface area (Å²) in [6.45, 7) is 5.96. The van der Waals surface area contributed by atoms with Crippen molar-refractivity contribution in [2.45, 2.75) is 45.4 Å². The molecule has 2 aliphatic carbocycles. The van der Waals surface area contributed by atoms with Crippen LogP contribution in [0.4, 0.5) is 0 Å². The minimum absolute atomic E-state index is 0.0825. The van der Waals surface area contributed by atoms with Gasteiger partial charge < -0.3 is 0 Å². The van der Waals surface area contributed by atoms with Crippen molar-refractivity contribution in [1.82, 2.24) is 0 Å². The molecule has 0 aromatic heterocycles. The highest BCUT2D eigenvalue weighted by molar-refractivity contribution is 5.88. The minimum atomic E-state index is 0.0825. The number of ketones is 1.